The average molecular weight is 274 g/mol. The van der Waals surface area contributed by atoms with Crippen molar-refractivity contribution in [3.63, 3.8) is 0 Å². The van der Waals surface area contributed by atoms with E-state index in [9.17, 15) is 0 Å². The highest BCUT2D eigenvalue weighted by Gasteiger charge is 2.31. The molecule has 0 spiro atoms. The van der Waals surface area contributed by atoms with Gasteiger partial charge in [0.2, 0.25) is 0 Å². The van der Waals surface area contributed by atoms with E-state index in [0.29, 0.717) is 0 Å². The van der Waals surface area contributed by atoms with E-state index in [4.69, 9.17) is 4.98 Å². The predicted molar refractivity (Wildman–Crippen MR) is 83.2 cm³/mol. The molecular formula is C16H26N4. The predicted octanol–water partition coefficient (Wildman–Crippen LogP) is 3.10. The Morgan fingerprint density at radius 3 is 2.75 bits per heavy atom. The van der Waals surface area contributed by atoms with E-state index < -0.39 is 0 Å². The summed E-state index contributed by atoms with van der Waals surface area (Å²) in [4.78, 5) is 11.7. The minimum Gasteiger partial charge on any atom is -0.373 e. The normalized spacial score (nSPS) is 26.2. The molecule has 0 radical (unpaired) electrons. The van der Waals surface area contributed by atoms with Gasteiger partial charge in [0.25, 0.3) is 0 Å². The summed E-state index contributed by atoms with van der Waals surface area (Å²) in [6.07, 6.45) is 7.95. The van der Waals surface area contributed by atoms with Crippen molar-refractivity contribution in [2.45, 2.75) is 45.4 Å². The van der Waals surface area contributed by atoms with Gasteiger partial charge in [-0.1, -0.05) is 26.2 Å². The molecule has 0 amide bonds. The zero-order valence-corrected chi connectivity index (χ0v) is 12.7. The molecule has 0 aromatic carbocycles. The van der Waals surface area contributed by atoms with E-state index in [2.05, 4.69) is 28.2 Å². The Morgan fingerprint density at radius 1 is 1.20 bits per heavy atom. The quantitative estimate of drug-likeness (QED) is 0.919. The SMILES string of the molecule is CCc1nc(NC)cc(N2CCC3CCCCC3C2)n1. The number of nitrogens with one attached hydrogen (secondary N) is 1. The molecule has 4 nitrogen and oxygen atoms in total. The number of hydrogen-bond acceptors (Lipinski definition) is 4. The van der Waals surface area contributed by atoms with E-state index in [1.165, 1.54) is 38.6 Å². The molecule has 1 aromatic heterocycles. The van der Waals surface area contributed by atoms with Crippen molar-refractivity contribution in [3.8, 4) is 0 Å². The maximum atomic E-state index is 4.74. The summed E-state index contributed by atoms with van der Waals surface area (Å²) in [5.41, 5.74) is 0. The van der Waals surface area contributed by atoms with E-state index in [-0.39, 0.29) is 0 Å². The van der Waals surface area contributed by atoms with Crippen molar-refractivity contribution in [2.75, 3.05) is 30.4 Å². The summed E-state index contributed by atoms with van der Waals surface area (Å²) in [5.74, 6) is 4.85. The fourth-order valence-electron chi connectivity index (χ4n) is 3.74. The molecule has 2 atom stereocenters. The van der Waals surface area contributed by atoms with Crippen LogP contribution in [0.2, 0.25) is 0 Å². The Bertz CT molecular complexity index is 438. The summed E-state index contributed by atoms with van der Waals surface area (Å²) in [6.45, 7) is 4.46. The highest BCUT2D eigenvalue weighted by Crippen LogP contribution is 2.37. The van der Waals surface area contributed by atoms with Gasteiger partial charge in [-0.15, -0.1) is 0 Å². The lowest BCUT2D eigenvalue weighted by atomic mass is 9.75. The Morgan fingerprint density at radius 2 is 2.00 bits per heavy atom. The molecule has 20 heavy (non-hydrogen) atoms. The van der Waals surface area contributed by atoms with Gasteiger partial charge in [0.05, 0.1) is 0 Å². The molecule has 1 N–H and O–H groups in total. The van der Waals surface area contributed by atoms with Gasteiger partial charge in [0.1, 0.15) is 17.5 Å². The summed E-state index contributed by atoms with van der Waals surface area (Å²) in [6, 6.07) is 2.10. The van der Waals surface area contributed by atoms with E-state index >= 15 is 0 Å². The highest BCUT2D eigenvalue weighted by atomic mass is 15.2. The summed E-state index contributed by atoms with van der Waals surface area (Å²) in [7, 11) is 1.93. The lowest BCUT2D eigenvalue weighted by molar-refractivity contribution is 0.202. The highest BCUT2D eigenvalue weighted by molar-refractivity contribution is 5.49. The fourth-order valence-corrected chi connectivity index (χ4v) is 3.74. The molecule has 2 fully saturated rings. The van der Waals surface area contributed by atoms with Crippen LogP contribution in [0.25, 0.3) is 0 Å². The minimum absolute atomic E-state index is 0.885. The van der Waals surface area contributed by atoms with Gasteiger partial charge >= 0.3 is 0 Å². The van der Waals surface area contributed by atoms with Crippen molar-refractivity contribution in [1.29, 1.82) is 0 Å². The molecule has 110 valence electrons. The molecule has 1 aliphatic carbocycles. The van der Waals surface area contributed by atoms with Gasteiger partial charge in [-0.3, -0.25) is 0 Å². The maximum absolute atomic E-state index is 4.74. The summed E-state index contributed by atoms with van der Waals surface area (Å²) >= 11 is 0. The molecule has 1 aromatic rings. The first-order chi connectivity index (χ1) is 9.80. The minimum atomic E-state index is 0.885. The standard InChI is InChI=1S/C16H26N4/c1-3-14-18-15(17-2)10-16(19-14)20-9-8-12-6-4-5-7-13(12)11-20/h10,12-13H,3-9,11H2,1-2H3,(H,17,18,19). The van der Waals surface area contributed by atoms with Gasteiger partial charge in [-0.05, 0) is 24.7 Å². The van der Waals surface area contributed by atoms with Gasteiger partial charge in [0, 0.05) is 32.6 Å². The average Bonchev–Trinajstić information content (AvgIpc) is 2.53. The van der Waals surface area contributed by atoms with Crippen LogP contribution in [0.15, 0.2) is 6.07 Å². The third kappa shape index (κ3) is 2.74. The Kier molecular flexibility index (Phi) is 4.08. The second-order valence-corrected chi connectivity index (χ2v) is 6.17. The molecule has 1 saturated heterocycles. The van der Waals surface area contributed by atoms with Crippen LogP contribution in [-0.2, 0) is 6.42 Å². The van der Waals surface area contributed by atoms with Crippen molar-refractivity contribution < 1.29 is 0 Å². The number of hydrogen-bond donors (Lipinski definition) is 1. The fraction of sp³-hybridized carbons (Fsp3) is 0.750. The number of aryl methyl sites for hydroxylation is 1. The van der Waals surface area contributed by atoms with Crippen LogP contribution in [0.4, 0.5) is 11.6 Å². The first-order valence-corrected chi connectivity index (χ1v) is 8.10. The maximum Gasteiger partial charge on any atom is 0.134 e. The molecule has 2 unspecified atom stereocenters. The topological polar surface area (TPSA) is 41.1 Å². The molecular weight excluding hydrogens is 248 g/mol. The second kappa shape index (κ2) is 5.98. The van der Waals surface area contributed by atoms with Crippen molar-refractivity contribution in [1.82, 2.24) is 9.97 Å². The van der Waals surface area contributed by atoms with Gasteiger partial charge in [-0.2, -0.15) is 0 Å². The zero-order chi connectivity index (χ0) is 13.9. The lowest BCUT2D eigenvalue weighted by Gasteiger charge is -2.41. The van der Waals surface area contributed by atoms with Crippen molar-refractivity contribution in [2.24, 2.45) is 11.8 Å². The number of aromatic nitrogens is 2. The van der Waals surface area contributed by atoms with Crippen LogP contribution >= 0.6 is 0 Å². The molecule has 3 rings (SSSR count). The Balaban J connectivity index is 1.78. The number of rotatable bonds is 3. The van der Waals surface area contributed by atoms with Crippen LogP contribution in [0.3, 0.4) is 0 Å². The molecule has 1 aliphatic heterocycles. The third-order valence-corrected chi connectivity index (χ3v) is 4.95. The monoisotopic (exact) mass is 274 g/mol. The van der Waals surface area contributed by atoms with Crippen molar-refractivity contribution >= 4 is 11.6 Å². The first kappa shape index (κ1) is 13.7. The first-order valence-electron chi connectivity index (χ1n) is 8.10. The van der Waals surface area contributed by atoms with Gasteiger partial charge in [-0.25, -0.2) is 9.97 Å². The second-order valence-electron chi connectivity index (χ2n) is 6.17. The number of piperidine rings is 1. The van der Waals surface area contributed by atoms with Crippen LogP contribution in [-0.4, -0.2) is 30.1 Å². The number of anilines is 2. The Hall–Kier alpha value is -1.32. The summed E-state index contributed by atoms with van der Waals surface area (Å²) in [5, 5.41) is 3.16. The molecule has 0 bridgehead atoms. The van der Waals surface area contributed by atoms with Gasteiger partial charge in [0.15, 0.2) is 0 Å². The van der Waals surface area contributed by atoms with Crippen LogP contribution in [0.1, 0.15) is 44.9 Å². The third-order valence-electron chi connectivity index (χ3n) is 4.95. The Labute approximate surface area is 122 Å². The van der Waals surface area contributed by atoms with Crippen LogP contribution in [0, 0.1) is 11.8 Å². The largest absolute Gasteiger partial charge is 0.373 e. The molecule has 4 heteroatoms. The van der Waals surface area contributed by atoms with E-state index in [1.807, 2.05) is 7.05 Å². The molecule has 2 heterocycles. The zero-order valence-electron chi connectivity index (χ0n) is 12.7. The van der Waals surface area contributed by atoms with Crippen LogP contribution < -0.4 is 10.2 Å². The lowest BCUT2D eigenvalue weighted by Crippen LogP contribution is -2.42. The van der Waals surface area contributed by atoms with Gasteiger partial charge < -0.3 is 10.2 Å². The number of fused-ring (bicyclic) bond motifs is 1. The van der Waals surface area contributed by atoms with E-state index in [0.717, 1.165) is 42.3 Å². The van der Waals surface area contributed by atoms with E-state index in [1.54, 1.807) is 0 Å². The molecule has 2 aliphatic rings. The molecule has 1 saturated carbocycles. The smallest absolute Gasteiger partial charge is 0.134 e. The number of nitrogens with zero attached hydrogens (tertiary/aromatic N) is 3. The van der Waals surface area contributed by atoms with Crippen LogP contribution in [0.5, 0.6) is 0 Å². The van der Waals surface area contributed by atoms with Crippen molar-refractivity contribution in [3.05, 3.63) is 11.9 Å². The summed E-state index contributed by atoms with van der Waals surface area (Å²) < 4.78 is 0.